The standard InChI is InChI=1S/C19H18ClN3O2S/c1-11-7-8-12(2)16(9-11)21-17(24)13(3)26-19-23-22-18(25-19)14-5-4-6-15(20)10-14/h4-10,13H,1-3H3,(H,21,24)/t13-/m1/s1. The maximum atomic E-state index is 12.5. The highest BCUT2D eigenvalue weighted by Gasteiger charge is 2.19. The van der Waals surface area contributed by atoms with Crippen molar-refractivity contribution in [2.75, 3.05) is 5.32 Å². The molecule has 1 heterocycles. The van der Waals surface area contributed by atoms with E-state index < -0.39 is 0 Å². The van der Waals surface area contributed by atoms with E-state index in [0.29, 0.717) is 16.1 Å². The molecule has 26 heavy (non-hydrogen) atoms. The van der Waals surface area contributed by atoms with Gasteiger partial charge in [0.2, 0.25) is 11.8 Å². The van der Waals surface area contributed by atoms with Gasteiger partial charge >= 0.3 is 0 Å². The maximum Gasteiger partial charge on any atom is 0.277 e. The lowest BCUT2D eigenvalue weighted by molar-refractivity contribution is -0.115. The summed E-state index contributed by atoms with van der Waals surface area (Å²) in [6.07, 6.45) is 0. The number of hydrogen-bond donors (Lipinski definition) is 1. The number of thioether (sulfide) groups is 1. The molecular formula is C19H18ClN3O2S. The van der Waals surface area contributed by atoms with Crippen LogP contribution in [0, 0.1) is 13.8 Å². The normalized spacial score (nSPS) is 12.0. The van der Waals surface area contributed by atoms with Gasteiger partial charge in [0, 0.05) is 16.3 Å². The lowest BCUT2D eigenvalue weighted by Crippen LogP contribution is -2.22. The van der Waals surface area contributed by atoms with Crippen LogP contribution in [0.5, 0.6) is 0 Å². The second kappa shape index (κ2) is 7.93. The molecule has 1 atom stereocenters. The highest BCUT2D eigenvalue weighted by Crippen LogP contribution is 2.28. The van der Waals surface area contributed by atoms with Crippen LogP contribution in [0.15, 0.2) is 52.1 Å². The number of benzene rings is 2. The molecule has 1 aromatic heterocycles. The quantitative estimate of drug-likeness (QED) is 0.615. The van der Waals surface area contributed by atoms with Crippen LogP contribution in [-0.4, -0.2) is 21.4 Å². The number of halogens is 1. The van der Waals surface area contributed by atoms with Crippen molar-refractivity contribution in [3.63, 3.8) is 0 Å². The maximum absolute atomic E-state index is 12.5. The Hall–Kier alpha value is -2.31. The third-order valence-electron chi connectivity index (χ3n) is 3.78. The van der Waals surface area contributed by atoms with Crippen molar-refractivity contribution in [2.45, 2.75) is 31.2 Å². The zero-order chi connectivity index (χ0) is 18.7. The van der Waals surface area contributed by atoms with E-state index >= 15 is 0 Å². The highest BCUT2D eigenvalue weighted by atomic mass is 35.5. The number of nitrogens with one attached hydrogen (secondary N) is 1. The van der Waals surface area contributed by atoms with E-state index in [1.165, 1.54) is 11.8 Å². The number of nitrogens with zero attached hydrogens (tertiary/aromatic N) is 2. The summed E-state index contributed by atoms with van der Waals surface area (Å²) >= 11 is 7.20. The molecule has 0 aliphatic heterocycles. The third kappa shape index (κ3) is 4.45. The molecule has 1 N–H and O–H groups in total. The lowest BCUT2D eigenvalue weighted by Gasteiger charge is -2.12. The average Bonchev–Trinajstić information content (AvgIpc) is 3.06. The number of aryl methyl sites for hydroxylation is 2. The number of amides is 1. The van der Waals surface area contributed by atoms with Gasteiger partial charge in [-0.25, -0.2) is 0 Å². The van der Waals surface area contributed by atoms with Crippen LogP contribution in [0.4, 0.5) is 5.69 Å². The van der Waals surface area contributed by atoms with Gasteiger partial charge in [-0.05, 0) is 56.2 Å². The van der Waals surface area contributed by atoms with Crippen molar-refractivity contribution in [1.29, 1.82) is 0 Å². The Labute approximate surface area is 161 Å². The summed E-state index contributed by atoms with van der Waals surface area (Å²) in [6, 6.07) is 13.1. The van der Waals surface area contributed by atoms with Gasteiger partial charge in [0.15, 0.2) is 0 Å². The summed E-state index contributed by atoms with van der Waals surface area (Å²) in [5.74, 6) is 0.253. The minimum absolute atomic E-state index is 0.119. The van der Waals surface area contributed by atoms with E-state index in [1.807, 2.05) is 44.2 Å². The summed E-state index contributed by atoms with van der Waals surface area (Å²) in [7, 11) is 0. The molecule has 0 spiro atoms. The van der Waals surface area contributed by atoms with E-state index in [-0.39, 0.29) is 11.2 Å². The largest absolute Gasteiger partial charge is 0.411 e. The van der Waals surface area contributed by atoms with E-state index in [2.05, 4.69) is 15.5 Å². The predicted octanol–water partition coefficient (Wildman–Crippen LogP) is 5.13. The average molecular weight is 388 g/mol. The zero-order valence-electron chi connectivity index (χ0n) is 14.6. The van der Waals surface area contributed by atoms with Gasteiger partial charge in [-0.15, -0.1) is 10.2 Å². The second-order valence-corrected chi connectivity index (χ2v) is 7.68. The van der Waals surface area contributed by atoms with Gasteiger partial charge in [-0.3, -0.25) is 4.79 Å². The molecule has 0 aliphatic carbocycles. The predicted molar refractivity (Wildman–Crippen MR) is 105 cm³/mol. The number of hydrogen-bond acceptors (Lipinski definition) is 5. The topological polar surface area (TPSA) is 68.0 Å². The van der Waals surface area contributed by atoms with Crippen molar-refractivity contribution in [3.8, 4) is 11.5 Å². The smallest absolute Gasteiger partial charge is 0.277 e. The Morgan fingerprint density at radius 3 is 2.77 bits per heavy atom. The number of anilines is 1. The first-order valence-corrected chi connectivity index (χ1v) is 9.32. The Morgan fingerprint density at radius 2 is 2.00 bits per heavy atom. The number of aromatic nitrogens is 2. The molecule has 1 amide bonds. The Morgan fingerprint density at radius 1 is 1.19 bits per heavy atom. The van der Waals surface area contributed by atoms with Gasteiger partial charge in [0.25, 0.3) is 5.22 Å². The fourth-order valence-corrected chi connectivity index (χ4v) is 3.18. The Bertz CT molecular complexity index is 942. The molecule has 3 aromatic rings. The molecule has 0 saturated carbocycles. The van der Waals surface area contributed by atoms with E-state index in [4.69, 9.17) is 16.0 Å². The van der Waals surface area contributed by atoms with Crippen molar-refractivity contribution >= 4 is 35.0 Å². The first-order chi connectivity index (χ1) is 12.4. The molecule has 0 fully saturated rings. The van der Waals surface area contributed by atoms with Gasteiger partial charge in [-0.2, -0.15) is 0 Å². The van der Waals surface area contributed by atoms with Gasteiger partial charge < -0.3 is 9.73 Å². The zero-order valence-corrected chi connectivity index (χ0v) is 16.2. The summed E-state index contributed by atoms with van der Waals surface area (Å²) in [5, 5.41) is 11.5. The SMILES string of the molecule is Cc1ccc(C)c(NC(=O)[C@@H](C)Sc2nnc(-c3cccc(Cl)c3)o2)c1. The van der Waals surface area contributed by atoms with Crippen molar-refractivity contribution < 1.29 is 9.21 Å². The van der Waals surface area contributed by atoms with Crippen molar-refractivity contribution in [1.82, 2.24) is 10.2 Å². The van der Waals surface area contributed by atoms with Crippen LogP contribution in [0.3, 0.4) is 0 Å². The molecule has 7 heteroatoms. The number of carbonyl (C=O) groups excluding carboxylic acids is 1. The molecule has 0 radical (unpaired) electrons. The minimum atomic E-state index is -0.387. The summed E-state index contributed by atoms with van der Waals surface area (Å²) in [6.45, 7) is 5.75. The third-order valence-corrected chi connectivity index (χ3v) is 4.95. The summed E-state index contributed by atoms with van der Waals surface area (Å²) in [5.41, 5.74) is 3.66. The minimum Gasteiger partial charge on any atom is -0.411 e. The fraction of sp³-hybridized carbons (Fsp3) is 0.211. The molecule has 2 aromatic carbocycles. The first-order valence-electron chi connectivity index (χ1n) is 8.06. The Kier molecular flexibility index (Phi) is 5.64. The van der Waals surface area contributed by atoms with Crippen LogP contribution >= 0.6 is 23.4 Å². The Balaban J connectivity index is 1.67. The second-order valence-electron chi connectivity index (χ2n) is 5.95. The van der Waals surface area contributed by atoms with Crippen molar-refractivity contribution in [3.05, 3.63) is 58.6 Å². The molecule has 0 unspecified atom stereocenters. The molecule has 3 rings (SSSR count). The van der Waals surface area contributed by atoms with E-state index in [0.717, 1.165) is 22.4 Å². The van der Waals surface area contributed by atoms with Gasteiger partial charge in [0.05, 0.1) is 5.25 Å². The molecule has 0 saturated heterocycles. The number of carbonyl (C=O) groups is 1. The van der Waals surface area contributed by atoms with Crippen LogP contribution in [0.1, 0.15) is 18.1 Å². The highest BCUT2D eigenvalue weighted by molar-refractivity contribution is 8.00. The summed E-state index contributed by atoms with van der Waals surface area (Å²) < 4.78 is 5.64. The molecular weight excluding hydrogens is 370 g/mol. The lowest BCUT2D eigenvalue weighted by atomic mass is 10.1. The first kappa shape index (κ1) is 18.5. The molecule has 0 aliphatic rings. The van der Waals surface area contributed by atoms with Crippen LogP contribution in [0.25, 0.3) is 11.5 Å². The van der Waals surface area contributed by atoms with Crippen LogP contribution in [0.2, 0.25) is 5.02 Å². The van der Waals surface area contributed by atoms with Crippen LogP contribution in [-0.2, 0) is 4.79 Å². The van der Waals surface area contributed by atoms with E-state index in [9.17, 15) is 4.79 Å². The molecule has 0 bridgehead atoms. The summed E-state index contributed by atoms with van der Waals surface area (Å²) in [4.78, 5) is 12.5. The monoisotopic (exact) mass is 387 g/mol. The van der Waals surface area contributed by atoms with Crippen molar-refractivity contribution in [2.24, 2.45) is 0 Å². The molecule has 134 valence electrons. The number of rotatable bonds is 5. The molecule has 5 nitrogen and oxygen atoms in total. The fourth-order valence-electron chi connectivity index (χ4n) is 2.31. The van der Waals surface area contributed by atoms with Crippen LogP contribution < -0.4 is 5.32 Å². The van der Waals surface area contributed by atoms with Gasteiger partial charge in [0.1, 0.15) is 0 Å². The van der Waals surface area contributed by atoms with Gasteiger partial charge in [-0.1, -0.05) is 41.6 Å². The van der Waals surface area contributed by atoms with E-state index in [1.54, 1.807) is 19.1 Å².